The number of aromatic nitrogens is 3. The summed E-state index contributed by atoms with van der Waals surface area (Å²) in [5.74, 6) is 0.743. The van der Waals surface area contributed by atoms with E-state index in [4.69, 9.17) is 9.97 Å². The molecule has 0 N–H and O–H groups in total. The van der Waals surface area contributed by atoms with Crippen LogP contribution >= 0.6 is 0 Å². The second-order valence-corrected chi connectivity index (χ2v) is 24.2. The Morgan fingerprint density at radius 1 is 0.458 bits per heavy atom. The molecule has 10 aromatic rings. The normalized spacial score (nSPS) is 14.2. The van der Waals surface area contributed by atoms with Crippen molar-refractivity contribution in [3.8, 4) is 50.6 Å². The first-order chi connectivity index (χ1) is 29.0. The van der Waals surface area contributed by atoms with Gasteiger partial charge in [-0.25, -0.2) is 0 Å². The summed E-state index contributed by atoms with van der Waals surface area (Å²) in [5.41, 5.74) is 14.2. The zero-order chi connectivity index (χ0) is 39.3. The van der Waals surface area contributed by atoms with Gasteiger partial charge in [0.2, 0.25) is 0 Å². The Morgan fingerprint density at radius 3 is 1.80 bits per heavy atom. The molecule has 2 aliphatic rings. The molecule has 0 atom stereocenters. The van der Waals surface area contributed by atoms with Crippen LogP contribution < -0.4 is 17.7 Å². The predicted octanol–water partition coefficient (Wildman–Crippen LogP) is 10.6. The molecule has 1 aliphatic heterocycles. The van der Waals surface area contributed by atoms with Gasteiger partial charge < -0.3 is 0 Å². The molecule has 8 aromatic carbocycles. The van der Waals surface area contributed by atoms with Crippen molar-refractivity contribution >= 4 is 52.8 Å². The van der Waals surface area contributed by atoms with Crippen LogP contribution in [0.2, 0.25) is 0 Å². The number of nitrogens with zero attached hydrogens (tertiary/aromatic N) is 3. The summed E-state index contributed by atoms with van der Waals surface area (Å²) in [4.78, 5) is 11.6. The second-order valence-electron chi connectivity index (χ2n) is 16.5. The third-order valence-electron chi connectivity index (χ3n) is 13.1. The molecule has 12 rings (SSSR count). The van der Waals surface area contributed by atoms with Gasteiger partial charge in [-0.15, -0.1) is 0 Å². The van der Waals surface area contributed by atoms with Gasteiger partial charge >= 0.3 is 336 Å². The van der Waals surface area contributed by atoms with Crippen LogP contribution in [0, 0.1) is 0 Å². The Morgan fingerprint density at radius 2 is 1.05 bits per heavy atom. The predicted molar refractivity (Wildman–Crippen MR) is 247 cm³/mol. The fraction of sp³-hybridized carbons (Fsp3) is 0.0545. The fourth-order valence-electron chi connectivity index (χ4n) is 10.5. The minimum absolute atomic E-state index is 0.131. The maximum atomic E-state index is 5.93. The van der Waals surface area contributed by atoms with Gasteiger partial charge in [0, 0.05) is 0 Å². The third-order valence-corrected chi connectivity index (χ3v) is 23.0. The number of benzene rings is 8. The van der Waals surface area contributed by atoms with E-state index in [9.17, 15) is 0 Å². The van der Waals surface area contributed by atoms with Gasteiger partial charge in [-0.3, -0.25) is 0 Å². The van der Waals surface area contributed by atoms with Crippen molar-refractivity contribution in [2.75, 3.05) is 0 Å². The summed E-state index contributed by atoms with van der Waals surface area (Å²) in [7, 11) is 0. The first-order valence-electron chi connectivity index (χ1n) is 20.5. The molecule has 59 heavy (non-hydrogen) atoms. The Bertz CT molecular complexity index is 3250. The van der Waals surface area contributed by atoms with E-state index in [0.717, 1.165) is 33.9 Å². The molecule has 278 valence electrons. The van der Waals surface area contributed by atoms with E-state index in [-0.39, 0.29) is 5.41 Å². The average Bonchev–Trinajstić information content (AvgIpc) is 3.87. The van der Waals surface area contributed by atoms with E-state index in [1.54, 1.807) is 0 Å². The molecule has 4 heteroatoms. The molecule has 1 aliphatic carbocycles. The molecule has 0 amide bonds. The van der Waals surface area contributed by atoms with E-state index in [0.29, 0.717) is 0 Å². The van der Waals surface area contributed by atoms with Crippen LogP contribution in [0.4, 0.5) is 0 Å². The van der Waals surface area contributed by atoms with Crippen LogP contribution in [0.25, 0.3) is 72.4 Å². The Balaban J connectivity index is 1.19. The van der Waals surface area contributed by atoms with E-state index in [2.05, 4.69) is 219 Å². The fourth-order valence-corrected chi connectivity index (χ4v) is 21.0. The van der Waals surface area contributed by atoms with Crippen molar-refractivity contribution in [1.82, 2.24) is 14.5 Å². The van der Waals surface area contributed by atoms with Crippen molar-refractivity contribution in [3.05, 3.63) is 211 Å². The average molecular weight is 815 g/mol. The number of para-hydroxylation sites is 2. The van der Waals surface area contributed by atoms with Gasteiger partial charge in [-0.2, -0.15) is 0 Å². The van der Waals surface area contributed by atoms with Crippen LogP contribution in [-0.4, -0.2) is 27.8 Å². The molecule has 3 nitrogen and oxygen atoms in total. The summed E-state index contributed by atoms with van der Waals surface area (Å²) < 4.78 is 7.78. The van der Waals surface area contributed by atoms with E-state index < -0.39 is 13.3 Å². The summed E-state index contributed by atoms with van der Waals surface area (Å²) in [6.45, 7) is 4.73. The van der Waals surface area contributed by atoms with Crippen molar-refractivity contribution in [2.45, 2.75) is 19.3 Å². The third kappa shape index (κ3) is 4.77. The molecular formula is C55H39GeN3. The zero-order valence-corrected chi connectivity index (χ0v) is 35.0. The number of hydrogen-bond acceptors (Lipinski definition) is 2. The SMILES string of the molecule is CC1(C)c2ccccc2-c2cc3c4ccccc4n(-c4ccccc4-c4nc(-c5ccccc5)c5[c](n4)[Ge]([c]4ccccc4)([c]4ccccc4)[c]4ccccc4-5)c3cc21. The van der Waals surface area contributed by atoms with Crippen molar-refractivity contribution in [1.29, 1.82) is 0 Å². The van der Waals surface area contributed by atoms with Crippen LogP contribution in [0.1, 0.15) is 25.0 Å². The number of rotatable bonds is 5. The number of hydrogen-bond donors (Lipinski definition) is 0. The van der Waals surface area contributed by atoms with Crippen LogP contribution in [-0.2, 0) is 5.41 Å². The van der Waals surface area contributed by atoms with Gasteiger partial charge in [0.1, 0.15) is 0 Å². The molecule has 0 saturated heterocycles. The standard InChI is InChI=1S/C55H39GeN3/c1-55(2)45-30-16-12-26-39(45)43-34-44-40-27-14-18-32-48(40)59(50(44)35-46(43)55)49-33-19-15-29-42(49)54-57-52(36-20-6-3-7-21-36)51-41-28-13-17-31-47(41)56(53(51)58-54,37-22-8-4-9-23-37)38-24-10-5-11-25-38/h3-35H,1-2H3. The van der Waals surface area contributed by atoms with E-state index in [1.165, 1.54) is 67.3 Å². The Hall–Kier alpha value is -6.82. The Labute approximate surface area is 346 Å². The Kier molecular flexibility index (Phi) is 7.45. The van der Waals surface area contributed by atoms with Crippen LogP contribution in [0.5, 0.6) is 0 Å². The molecule has 0 bridgehead atoms. The first kappa shape index (κ1) is 34.2. The molecule has 0 unspecified atom stereocenters. The molecular weight excluding hydrogens is 775 g/mol. The molecule has 0 radical (unpaired) electrons. The van der Waals surface area contributed by atoms with Crippen LogP contribution in [0.3, 0.4) is 0 Å². The van der Waals surface area contributed by atoms with Crippen molar-refractivity contribution in [3.63, 3.8) is 0 Å². The van der Waals surface area contributed by atoms with Gasteiger partial charge in [0.25, 0.3) is 0 Å². The molecule has 0 fully saturated rings. The van der Waals surface area contributed by atoms with Gasteiger partial charge in [-0.05, 0) is 0 Å². The molecule has 3 heterocycles. The van der Waals surface area contributed by atoms with E-state index >= 15 is 0 Å². The zero-order valence-electron chi connectivity index (χ0n) is 32.9. The van der Waals surface area contributed by atoms with Gasteiger partial charge in [-0.1, -0.05) is 12.1 Å². The van der Waals surface area contributed by atoms with E-state index in [1.807, 2.05) is 0 Å². The van der Waals surface area contributed by atoms with Gasteiger partial charge in [0.15, 0.2) is 0 Å². The van der Waals surface area contributed by atoms with Gasteiger partial charge in [0.05, 0.1) is 0 Å². The topological polar surface area (TPSA) is 30.7 Å². The first-order valence-corrected chi connectivity index (χ1v) is 24.7. The molecule has 0 spiro atoms. The monoisotopic (exact) mass is 815 g/mol. The molecule has 2 aromatic heterocycles. The summed E-state index contributed by atoms with van der Waals surface area (Å²) in [5, 5.41) is 2.49. The maximum absolute atomic E-state index is 5.93. The summed E-state index contributed by atoms with van der Waals surface area (Å²) >= 11 is -3.73. The minimum atomic E-state index is -3.73. The van der Waals surface area contributed by atoms with Crippen molar-refractivity contribution in [2.24, 2.45) is 0 Å². The summed E-state index contributed by atoms with van der Waals surface area (Å²) in [6, 6.07) is 73.6. The van der Waals surface area contributed by atoms with Crippen molar-refractivity contribution < 1.29 is 0 Å². The van der Waals surface area contributed by atoms with Crippen LogP contribution in [0.15, 0.2) is 200 Å². The second kappa shape index (κ2) is 12.8. The summed E-state index contributed by atoms with van der Waals surface area (Å²) in [6.07, 6.45) is 0. The quantitative estimate of drug-likeness (QED) is 0.162. The molecule has 0 saturated carbocycles. The number of fused-ring (bicyclic) bond motifs is 9.